The number of rotatable bonds is 4. The van der Waals surface area contributed by atoms with Gasteiger partial charge < -0.3 is 5.32 Å². The van der Waals surface area contributed by atoms with E-state index in [4.69, 9.17) is 0 Å². The summed E-state index contributed by atoms with van der Waals surface area (Å²) in [6.07, 6.45) is 0. The SMILES string of the molecule is CC(C(=O)Nc1ccccc1)c1cccc([N+](=O)[O-])c1. The smallest absolute Gasteiger partial charge is 0.269 e. The molecule has 0 fully saturated rings. The Morgan fingerprint density at radius 3 is 2.50 bits per heavy atom. The number of carbonyl (C=O) groups is 1. The van der Waals surface area contributed by atoms with Gasteiger partial charge in [-0.3, -0.25) is 14.9 Å². The highest BCUT2D eigenvalue weighted by atomic mass is 16.6. The number of hydrogen-bond acceptors (Lipinski definition) is 3. The van der Waals surface area contributed by atoms with Crippen molar-refractivity contribution >= 4 is 17.3 Å². The van der Waals surface area contributed by atoms with E-state index in [1.54, 1.807) is 31.2 Å². The molecule has 0 saturated carbocycles. The van der Waals surface area contributed by atoms with Crippen molar-refractivity contribution in [2.75, 3.05) is 5.32 Å². The lowest BCUT2D eigenvalue weighted by molar-refractivity contribution is -0.384. The molecule has 0 heterocycles. The summed E-state index contributed by atoms with van der Waals surface area (Å²) in [5.74, 6) is -0.660. The summed E-state index contributed by atoms with van der Waals surface area (Å²) < 4.78 is 0. The third kappa shape index (κ3) is 3.20. The van der Waals surface area contributed by atoms with Crippen LogP contribution in [0.1, 0.15) is 18.4 Å². The van der Waals surface area contributed by atoms with E-state index in [1.807, 2.05) is 18.2 Å². The third-order valence-corrected chi connectivity index (χ3v) is 3.02. The van der Waals surface area contributed by atoms with E-state index in [2.05, 4.69) is 5.32 Å². The van der Waals surface area contributed by atoms with Crippen LogP contribution in [-0.2, 0) is 4.79 Å². The van der Waals surface area contributed by atoms with Crippen molar-refractivity contribution in [3.63, 3.8) is 0 Å². The number of nitro groups is 1. The summed E-state index contributed by atoms with van der Waals surface area (Å²) in [5.41, 5.74) is 1.31. The maximum Gasteiger partial charge on any atom is 0.269 e. The summed E-state index contributed by atoms with van der Waals surface area (Å²) in [6, 6.07) is 15.2. The first-order valence-electron chi connectivity index (χ1n) is 6.18. The topological polar surface area (TPSA) is 72.2 Å². The molecule has 2 aromatic carbocycles. The highest BCUT2D eigenvalue weighted by Gasteiger charge is 2.17. The fourth-order valence-corrected chi connectivity index (χ4v) is 1.83. The molecular formula is C15H14N2O3. The van der Waals surface area contributed by atoms with Crippen LogP contribution >= 0.6 is 0 Å². The molecule has 5 nitrogen and oxygen atoms in total. The zero-order valence-electron chi connectivity index (χ0n) is 10.9. The van der Waals surface area contributed by atoms with E-state index >= 15 is 0 Å². The van der Waals surface area contributed by atoms with Crippen molar-refractivity contribution in [1.82, 2.24) is 0 Å². The second kappa shape index (κ2) is 5.97. The van der Waals surface area contributed by atoms with Crippen LogP contribution in [0.5, 0.6) is 0 Å². The maximum atomic E-state index is 12.1. The molecule has 0 aliphatic rings. The number of nitrogens with zero attached hydrogens (tertiary/aromatic N) is 1. The summed E-state index contributed by atoms with van der Waals surface area (Å²) in [5, 5.41) is 13.5. The Balaban J connectivity index is 2.14. The standard InChI is InChI=1S/C15H14N2O3/c1-11(12-6-5-9-14(10-12)17(19)20)15(18)16-13-7-3-2-4-8-13/h2-11H,1H3,(H,16,18). The minimum absolute atomic E-state index is 0.0122. The van der Waals surface area contributed by atoms with Crippen molar-refractivity contribution in [2.24, 2.45) is 0 Å². The number of nitro benzene ring substituents is 1. The number of anilines is 1. The van der Waals surface area contributed by atoms with Gasteiger partial charge in [-0.1, -0.05) is 30.3 Å². The molecule has 0 aliphatic heterocycles. The van der Waals surface area contributed by atoms with E-state index in [0.29, 0.717) is 11.3 Å². The zero-order chi connectivity index (χ0) is 14.5. The highest BCUT2D eigenvalue weighted by Crippen LogP contribution is 2.22. The number of para-hydroxylation sites is 1. The van der Waals surface area contributed by atoms with E-state index in [-0.39, 0.29) is 11.6 Å². The van der Waals surface area contributed by atoms with Crippen LogP contribution in [0.3, 0.4) is 0 Å². The molecule has 0 saturated heterocycles. The summed E-state index contributed by atoms with van der Waals surface area (Å²) in [4.78, 5) is 22.4. The van der Waals surface area contributed by atoms with Crippen LogP contribution in [0.4, 0.5) is 11.4 Å². The van der Waals surface area contributed by atoms with Gasteiger partial charge in [0.15, 0.2) is 0 Å². The van der Waals surface area contributed by atoms with Crippen molar-refractivity contribution in [2.45, 2.75) is 12.8 Å². The molecule has 102 valence electrons. The molecule has 0 radical (unpaired) electrons. The fourth-order valence-electron chi connectivity index (χ4n) is 1.83. The van der Waals surface area contributed by atoms with Gasteiger partial charge in [0, 0.05) is 17.8 Å². The van der Waals surface area contributed by atoms with Crippen LogP contribution in [0.15, 0.2) is 54.6 Å². The van der Waals surface area contributed by atoms with Gasteiger partial charge in [0.25, 0.3) is 5.69 Å². The Labute approximate surface area is 116 Å². The van der Waals surface area contributed by atoms with Crippen LogP contribution in [0, 0.1) is 10.1 Å². The Morgan fingerprint density at radius 1 is 1.15 bits per heavy atom. The Hall–Kier alpha value is -2.69. The van der Waals surface area contributed by atoms with Gasteiger partial charge in [0.1, 0.15) is 0 Å². The maximum absolute atomic E-state index is 12.1. The molecule has 5 heteroatoms. The van der Waals surface area contributed by atoms with E-state index in [0.717, 1.165) is 0 Å². The second-order valence-corrected chi connectivity index (χ2v) is 4.43. The molecule has 0 aliphatic carbocycles. The predicted molar refractivity (Wildman–Crippen MR) is 76.6 cm³/mol. The van der Waals surface area contributed by atoms with Gasteiger partial charge in [-0.25, -0.2) is 0 Å². The van der Waals surface area contributed by atoms with Gasteiger partial charge in [0.2, 0.25) is 5.91 Å². The molecule has 0 aromatic heterocycles. The largest absolute Gasteiger partial charge is 0.326 e. The molecule has 2 rings (SSSR count). The molecule has 0 spiro atoms. The number of carbonyl (C=O) groups excluding carboxylic acids is 1. The summed E-state index contributed by atoms with van der Waals surface area (Å²) >= 11 is 0. The molecule has 2 aromatic rings. The number of nitrogens with one attached hydrogen (secondary N) is 1. The van der Waals surface area contributed by atoms with Gasteiger partial charge in [0.05, 0.1) is 10.8 Å². The van der Waals surface area contributed by atoms with Gasteiger partial charge in [-0.05, 0) is 24.6 Å². The van der Waals surface area contributed by atoms with Crippen molar-refractivity contribution in [1.29, 1.82) is 0 Å². The average Bonchev–Trinajstić information content (AvgIpc) is 2.47. The van der Waals surface area contributed by atoms with Crippen molar-refractivity contribution < 1.29 is 9.72 Å². The minimum Gasteiger partial charge on any atom is -0.326 e. The second-order valence-electron chi connectivity index (χ2n) is 4.43. The van der Waals surface area contributed by atoms with Crippen LogP contribution in [-0.4, -0.2) is 10.8 Å². The highest BCUT2D eigenvalue weighted by molar-refractivity contribution is 5.95. The van der Waals surface area contributed by atoms with E-state index in [1.165, 1.54) is 12.1 Å². The Kier molecular flexibility index (Phi) is 4.10. The fraction of sp³-hybridized carbons (Fsp3) is 0.133. The van der Waals surface area contributed by atoms with Gasteiger partial charge in [-0.15, -0.1) is 0 Å². The molecule has 1 unspecified atom stereocenters. The zero-order valence-corrected chi connectivity index (χ0v) is 10.9. The molecule has 0 bridgehead atoms. The lowest BCUT2D eigenvalue weighted by Crippen LogP contribution is -2.18. The Bertz CT molecular complexity index is 626. The first-order valence-corrected chi connectivity index (χ1v) is 6.18. The van der Waals surface area contributed by atoms with Crippen molar-refractivity contribution in [3.05, 3.63) is 70.3 Å². The number of non-ortho nitro benzene ring substituents is 1. The average molecular weight is 270 g/mol. The monoisotopic (exact) mass is 270 g/mol. The molecular weight excluding hydrogens is 256 g/mol. The van der Waals surface area contributed by atoms with Crippen LogP contribution < -0.4 is 5.32 Å². The van der Waals surface area contributed by atoms with Crippen LogP contribution in [0.25, 0.3) is 0 Å². The molecule has 1 N–H and O–H groups in total. The quantitative estimate of drug-likeness (QED) is 0.684. The van der Waals surface area contributed by atoms with Crippen LogP contribution in [0.2, 0.25) is 0 Å². The minimum atomic E-state index is -0.467. The third-order valence-electron chi connectivity index (χ3n) is 3.02. The lowest BCUT2D eigenvalue weighted by Gasteiger charge is -2.12. The summed E-state index contributed by atoms with van der Waals surface area (Å²) in [6.45, 7) is 1.72. The van der Waals surface area contributed by atoms with Gasteiger partial charge >= 0.3 is 0 Å². The van der Waals surface area contributed by atoms with Crippen molar-refractivity contribution in [3.8, 4) is 0 Å². The number of benzene rings is 2. The number of amides is 1. The molecule has 1 amide bonds. The van der Waals surface area contributed by atoms with Gasteiger partial charge in [-0.2, -0.15) is 0 Å². The predicted octanol–water partition coefficient (Wildman–Crippen LogP) is 3.34. The number of hydrogen-bond donors (Lipinski definition) is 1. The first-order chi connectivity index (χ1) is 9.58. The normalized spacial score (nSPS) is 11.7. The Morgan fingerprint density at radius 2 is 1.85 bits per heavy atom. The molecule has 1 atom stereocenters. The van der Waals surface area contributed by atoms with E-state index < -0.39 is 10.8 Å². The first kappa shape index (κ1) is 13.7. The lowest BCUT2D eigenvalue weighted by atomic mass is 10.00. The summed E-state index contributed by atoms with van der Waals surface area (Å²) in [7, 11) is 0. The van der Waals surface area contributed by atoms with E-state index in [9.17, 15) is 14.9 Å². The molecule has 20 heavy (non-hydrogen) atoms.